The molecule has 0 aliphatic heterocycles. The smallest absolute Gasteiger partial charge is 0.398 e. The fourth-order valence-electron chi connectivity index (χ4n) is 4.24. The zero-order valence-corrected chi connectivity index (χ0v) is 22.2. The lowest BCUT2D eigenvalue weighted by atomic mass is 9.96. The molecule has 0 aromatic heterocycles. The highest BCUT2D eigenvalue weighted by Gasteiger charge is 2.31. The third kappa shape index (κ3) is 6.87. The summed E-state index contributed by atoms with van der Waals surface area (Å²) in [5.41, 5.74) is 6.69. The number of carbonyl (C=O) groups excluding carboxylic acids is 1. The number of aliphatic hydroxyl groups excluding tert-OH is 2. The van der Waals surface area contributed by atoms with Gasteiger partial charge in [0, 0.05) is 22.5 Å². The molecule has 4 rings (SSSR count). The SMILES string of the molecule is Nc1ccc(-c2ccc(C(F)(F)F)cc2)cc1C(O)C(Cl)C(=O)Nc1ccc(-c2ccc(C(F)(F)F)cc2)cc1CO. The molecule has 5 nitrogen and oxygen atoms in total. The molecule has 2 atom stereocenters. The Morgan fingerprint density at radius 1 is 0.762 bits per heavy atom. The zero-order chi connectivity index (χ0) is 30.8. The van der Waals surface area contributed by atoms with Crippen molar-refractivity contribution < 1.29 is 41.4 Å². The number of nitrogens with two attached hydrogens (primary N) is 1. The van der Waals surface area contributed by atoms with Crippen LogP contribution in [0.5, 0.6) is 0 Å². The van der Waals surface area contributed by atoms with Crippen LogP contribution in [0.15, 0.2) is 84.9 Å². The van der Waals surface area contributed by atoms with Crippen molar-refractivity contribution in [3.8, 4) is 22.3 Å². The van der Waals surface area contributed by atoms with Gasteiger partial charge < -0.3 is 21.3 Å². The van der Waals surface area contributed by atoms with Gasteiger partial charge in [-0.05, 0) is 70.8 Å². The number of anilines is 2. The van der Waals surface area contributed by atoms with Crippen molar-refractivity contribution >= 4 is 28.9 Å². The first-order chi connectivity index (χ1) is 19.7. The molecule has 4 aromatic rings. The summed E-state index contributed by atoms with van der Waals surface area (Å²) in [7, 11) is 0. The Labute approximate surface area is 241 Å². The molecule has 0 saturated carbocycles. The minimum atomic E-state index is -4.50. The van der Waals surface area contributed by atoms with E-state index in [1.54, 1.807) is 6.07 Å². The first kappa shape index (κ1) is 30.9. The molecule has 0 bridgehead atoms. The van der Waals surface area contributed by atoms with E-state index in [1.165, 1.54) is 54.6 Å². The van der Waals surface area contributed by atoms with E-state index in [0.717, 1.165) is 24.3 Å². The predicted octanol–water partition coefficient (Wildman–Crippen LogP) is 7.41. The van der Waals surface area contributed by atoms with E-state index in [1.807, 2.05) is 0 Å². The molecule has 4 aromatic carbocycles. The molecule has 2 unspecified atom stereocenters. The van der Waals surface area contributed by atoms with Crippen LogP contribution in [0.4, 0.5) is 37.7 Å². The molecule has 0 spiro atoms. The van der Waals surface area contributed by atoms with E-state index in [9.17, 15) is 41.4 Å². The Bertz CT molecular complexity index is 1570. The number of benzene rings is 4. The summed E-state index contributed by atoms with van der Waals surface area (Å²) >= 11 is 6.28. The van der Waals surface area contributed by atoms with Crippen molar-refractivity contribution in [3.63, 3.8) is 0 Å². The quantitative estimate of drug-likeness (QED) is 0.0998. The van der Waals surface area contributed by atoms with Gasteiger partial charge in [-0.15, -0.1) is 11.6 Å². The summed E-state index contributed by atoms with van der Waals surface area (Å²) in [4.78, 5) is 12.9. The second-order valence-electron chi connectivity index (χ2n) is 9.36. The molecular weight excluding hydrogens is 586 g/mol. The second-order valence-corrected chi connectivity index (χ2v) is 9.83. The molecule has 220 valence electrons. The molecule has 1 amide bonds. The van der Waals surface area contributed by atoms with Crippen LogP contribution in [0.1, 0.15) is 28.4 Å². The molecule has 42 heavy (non-hydrogen) atoms. The van der Waals surface area contributed by atoms with Crippen LogP contribution in [0.3, 0.4) is 0 Å². The summed E-state index contributed by atoms with van der Waals surface area (Å²) in [6, 6.07) is 17.6. The van der Waals surface area contributed by atoms with Gasteiger partial charge in [-0.1, -0.05) is 36.4 Å². The van der Waals surface area contributed by atoms with E-state index in [2.05, 4.69) is 5.32 Å². The molecule has 0 aliphatic rings. The second kappa shape index (κ2) is 12.0. The van der Waals surface area contributed by atoms with Gasteiger partial charge in [0.25, 0.3) is 0 Å². The first-order valence-electron chi connectivity index (χ1n) is 12.3. The van der Waals surface area contributed by atoms with Crippen LogP contribution in [-0.2, 0) is 23.8 Å². The first-order valence-corrected chi connectivity index (χ1v) is 12.7. The Balaban J connectivity index is 1.52. The Morgan fingerprint density at radius 2 is 1.21 bits per heavy atom. The summed E-state index contributed by atoms with van der Waals surface area (Å²) in [5.74, 6) is -0.847. The van der Waals surface area contributed by atoms with Gasteiger partial charge in [0.2, 0.25) is 5.91 Å². The lowest BCUT2D eigenvalue weighted by molar-refractivity contribution is -0.138. The van der Waals surface area contributed by atoms with E-state index in [-0.39, 0.29) is 22.5 Å². The molecule has 0 saturated heterocycles. The number of nitrogen functional groups attached to an aromatic ring is 1. The number of halogens is 7. The van der Waals surface area contributed by atoms with Gasteiger partial charge in [-0.3, -0.25) is 4.79 Å². The molecule has 12 heteroatoms. The topological polar surface area (TPSA) is 95.6 Å². The van der Waals surface area contributed by atoms with Crippen molar-refractivity contribution in [3.05, 3.63) is 107 Å². The van der Waals surface area contributed by atoms with E-state index < -0.39 is 47.5 Å². The van der Waals surface area contributed by atoms with E-state index in [4.69, 9.17) is 17.3 Å². The highest BCUT2D eigenvalue weighted by atomic mass is 35.5. The average Bonchev–Trinajstić information content (AvgIpc) is 2.96. The zero-order valence-electron chi connectivity index (χ0n) is 21.5. The Kier molecular flexibility index (Phi) is 8.86. The van der Waals surface area contributed by atoms with Crippen molar-refractivity contribution in [2.45, 2.75) is 30.4 Å². The molecule has 0 heterocycles. The maximum Gasteiger partial charge on any atom is 0.416 e. The van der Waals surface area contributed by atoms with Crippen LogP contribution in [0, 0.1) is 0 Å². The minimum Gasteiger partial charge on any atom is -0.398 e. The summed E-state index contributed by atoms with van der Waals surface area (Å²) in [5, 5.41) is 21.7. The third-order valence-electron chi connectivity index (χ3n) is 6.56. The normalized spacial score (nSPS) is 13.5. The lowest BCUT2D eigenvalue weighted by Gasteiger charge is -2.20. The minimum absolute atomic E-state index is 0.0718. The molecule has 5 N–H and O–H groups in total. The van der Waals surface area contributed by atoms with Crippen LogP contribution < -0.4 is 11.1 Å². The van der Waals surface area contributed by atoms with Crippen molar-refractivity contribution in [1.29, 1.82) is 0 Å². The Morgan fingerprint density at radius 3 is 1.69 bits per heavy atom. The average molecular weight is 609 g/mol. The summed E-state index contributed by atoms with van der Waals surface area (Å²) in [6.45, 7) is -0.526. The maximum absolute atomic E-state index is 12.9. The summed E-state index contributed by atoms with van der Waals surface area (Å²) in [6.07, 6.45) is -10.6. The molecular formula is C30H23ClF6N2O3. The number of hydrogen-bond donors (Lipinski definition) is 4. The number of amides is 1. The number of hydrogen-bond acceptors (Lipinski definition) is 4. The number of alkyl halides is 7. The van der Waals surface area contributed by atoms with Crippen LogP contribution in [0.2, 0.25) is 0 Å². The van der Waals surface area contributed by atoms with Gasteiger partial charge in [-0.2, -0.15) is 26.3 Å². The molecule has 0 aliphatic carbocycles. The van der Waals surface area contributed by atoms with Crippen LogP contribution in [-0.4, -0.2) is 21.5 Å². The van der Waals surface area contributed by atoms with Gasteiger partial charge in [-0.25, -0.2) is 0 Å². The van der Waals surface area contributed by atoms with Crippen LogP contribution in [0.25, 0.3) is 22.3 Å². The fourth-order valence-corrected chi connectivity index (χ4v) is 4.43. The highest BCUT2D eigenvalue weighted by Crippen LogP contribution is 2.35. The lowest BCUT2D eigenvalue weighted by Crippen LogP contribution is -2.29. The number of aliphatic hydroxyl groups is 2. The molecule has 0 fully saturated rings. The number of nitrogens with one attached hydrogen (secondary N) is 1. The number of carbonyl (C=O) groups is 1. The monoisotopic (exact) mass is 608 g/mol. The third-order valence-corrected chi connectivity index (χ3v) is 6.99. The summed E-state index contributed by atoms with van der Waals surface area (Å²) < 4.78 is 77.3. The highest BCUT2D eigenvalue weighted by molar-refractivity contribution is 6.33. The van der Waals surface area contributed by atoms with Crippen molar-refractivity contribution in [1.82, 2.24) is 0 Å². The number of rotatable bonds is 7. The predicted molar refractivity (Wildman–Crippen MR) is 147 cm³/mol. The van der Waals surface area contributed by atoms with Crippen molar-refractivity contribution in [2.24, 2.45) is 0 Å². The van der Waals surface area contributed by atoms with E-state index in [0.29, 0.717) is 22.3 Å². The van der Waals surface area contributed by atoms with E-state index >= 15 is 0 Å². The Hall–Kier alpha value is -4.06. The largest absolute Gasteiger partial charge is 0.416 e. The van der Waals surface area contributed by atoms with Crippen LogP contribution >= 0.6 is 11.6 Å². The fraction of sp³-hybridized carbons (Fsp3) is 0.167. The molecule has 0 radical (unpaired) electrons. The van der Waals surface area contributed by atoms with Gasteiger partial charge >= 0.3 is 12.4 Å². The van der Waals surface area contributed by atoms with Gasteiger partial charge in [0.15, 0.2) is 0 Å². The van der Waals surface area contributed by atoms with Crippen molar-refractivity contribution in [2.75, 3.05) is 11.1 Å². The van der Waals surface area contributed by atoms with Gasteiger partial charge in [0.05, 0.1) is 17.7 Å². The maximum atomic E-state index is 12.9. The van der Waals surface area contributed by atoms with Gasteiger partial charge in [0.1, 0.15) is 11.5 Å². The standard InChI is InChI=1S/C30H23ClF6N2O3/c31-26(27(41)23-14-19(5-11-24(23)38)17-3-9-22(10-4-17)30(35,36)37)28(42)39-25-12-6-18(13-20(25)15-40)16-1-7-21(8-2-16)29(32,33)34/h1-14,26-27,40-41H,15,38H2,(H,39,42).